The van der Waals surface area contributed by atoms with Gasteiger partial charge in [0.1, 0.15) is 5.75 Å². The number of rotatable bonds is 7. The minimum atomic E-state index is -3.99. The van der Waals surface area contributed by atoms with Crippen LogP contribution in [0.4, 0.5) is 0 Å². The molecule has 0 bridgehead atoms. The fraction of sp³-hybridized carbons (Fsp3) is 0.250. The zero-order valence-corrected chi connectivity index (χ0v) is 20.5. The molecule has 0 fully saturated rings. The van der Waals surface area contributed by atoms with Gasteiger partial charge in [-0.25, -0.2) is 4.79 Å². The summed E-state index contributed by atoms with van der Waals surface area (Å²) in [4.78, 5) is 17.0. The summed E-state index contributed by atoms with van der Waals surface area (Å²) in [6.07, 6.45) is 1.22. The van der Waals surface area contributed by atoms with Crippen LogP contribution in [0.25, 0.3) is 11.5 Å². The van der Waals surface area contributed by atoms with Crippen molar-refractivity contribution in [3.63, 3.8) is 0 Å². The summed E-state index contributed by atoms with van der Waals surface area (Å²) in [7, 11) is -2.45. The Balaban J connectivity index is 1.46. The zero-order valence-electron chi connectivity index (χ0n) is 19.7. The largest absolute Gasteiger partial charge is 0.497 e. The molecule has 3 aromatic rings. The molecule has 2 aromatic carbocycles. The maximum absolute atomic E-state index is 12.7. The molecule has 10 nitrogen and oxygen atoms in total. The van der Waals surface area contributed by atoms with Crippen molar-refractivity contribution in [2.45, 2.75) is 33.9 Å². The molecular weight excluding hydrogens is 472 g/mol. The van der Waals surface area contributed by atoms with Gasteiger partial charge in [-0.1, -0.05) is 23.4 Å². The molecule has 0 atom stereocenters. The van der Waals surface area contributed by atoms with Crippen molar-refractivity contribution in [3.8, 4) is 17.2 Å². The molecule has 1 aliphatic heterocycles. The van der Waals surface area contributed by atoms with Crippen LogP contribution in [-0.2, 0) is 32.9 Å². The highest BCUT2D eigenvalue weighted by atomic mass is 32.2. The number of ether oxygens (including phenoxy) is 2. The van der Waals surface area contributed by atoms with Crippen molar-refractivity contribution in [2.24, 2.45) is 4.40 Å². The van der Waals surface area contributed by atoms with E-state index in [4.69, 9.17) is 14.0 Å². The maximum Gasteiger partial charge on any atom is 0.344 e. The van der Waals surface area contributed by atoms with E-state index in [1.54, 1.807) is 31.4 Å². The molecular formula is C24H24N4O6S. The predicted molar refractivity (Wildman–Crippen MR) is 128 cm³/mol. The van der Waals surface area contributed by atoms with Crippen molar-refractivity contribution >= 4 is 21.9 Å². The Labute approximate surface area is 203 Å². The summed E-state index contributed by atoms with van der Waals surface area (Å²) in [5, 5.41) is 3.86. The Hall–Kier alpha value is -3.99. The van der Waals surface area contributed by atoms with Crippen molar-refractivity contribution in [1.82, 2.24) is 14.4 Å². The summed E-state index contributed by atoms with van der Waals surface area (Å²) in [5.74, 6) is 0.385. The first-order valence-corrected chi connectivity index (χ1v) is 12.1. The quantitative estimate of drug-likeness (QED) is 0.455. The third kappa shape index (κ3) is 5.40. The van der Waals surface area contributed by atoms with E-state index in [0.717, 1.165) is 21.0 Å². The number of esters is 1. The van der Waals surface area contributed by atoms with E-state index in [0.29, 0.717) is 17.2 Å². The number of hydrogen-bond donors (Lipinski definition) is 0. The first kappa shape index (κ1) is 24.1. The van der Waals surface area contributed by atoms with Crippen molar-refractivity contribution in [3.05, 3.63) is 76.8 Å². The average molecular weight is 497 g/mol. The molecule has 0 radical (unpaired) electrons. The number of aryl methyl sites for hydroxylation is 2. The molecule has 0 amide bonds. The number of benzene rings is 2. The Morgan fingerprint density at radius 2 is 1.80 bits per heavy atom. The lowest BCUT2D eigenvalue weighted by Crippen LogP contribution is -2.31. The molecule has 1 aromatic heterocycles. The number of nitrogens with zero attached hydrogens (tertiary/aromatic N) is 4. The summed E-state index contributed by atoms with van der Waals surface area (Å²) < 4.78 is 45.5. The number of aromatic nitrogens is 2. The van der Waals surface area contributed by atoms with Crippen LogP contribution in [0, 0.1) is 13.8 Å². The van der Waals surface area contributed by atoms with Gasteiger partial charge in [-0.3, -0.25) is 4.31 Å². The summed E-state index contributed by atoms with van der Waals surface area (Å²) >= 11 is 0. The molecule has 4 rings (SSSR count). The van der Waals surface area contributed by atoms with Gasteiger partial charge < -0.3 is 14.0 Å². The van der Waals surface area contributed by atoms with E-state index in [2.05, 4.69) is 14.5 Å². The van der Waals surface area contributed by atoms with E-state index in [9.17, 15) is 13.2 Å². The molecule has 0 aliphatic carbocycles. The molecule has 1 aliphatic rings. The van der Waals surface area contributed by atoms with E-state index in [-0.39, 0.29) is 30.3 Å². The van der Waals surface area contributed by atoms with Crippen molar-refractivity contribution in [1.29, 1.82) is 0 Å². The second-order valence-electron chi connectivity index (χ2n) is 7.98. The van der Waals surface area contributed by atoms with Crippen molar-refractivity contribution < 1.29 is 27.2 Å². The number of hydrogen-bond acceptors (Lipinski definition) is 8. The van der Waals surface area contributed by atoms with Gasteiger partial charge >= 0.3 is 16.2 Å². The first-order chi connectivity index (χ1) is 16.7. The van der Waals surface area contributed by atoms with E-state index < -0.39 is 16.2 Å². The number of carbonyl (C=O) groups excluding carboxylic acids is 1. The highest BCUT2D eigenvalue weighted by Crippen LogP contribution is 2.23. The number of carbonyl (C=O) groups is 1. The van der Waals surface area contributed by atoms with Crippen LogP contribution in [0.3, 0.4) is 0 Å². The lowest BCUT2D eigenvalue weighted by molar-refractivity contribution is -0.140. The van der Waals surface area contributed by atoms with Gasteiger partial charge in [0.15, 0.2) is 6.61 Å². The van der Waals surface area contributed by atoms with Gasteiger partial charge in [0.2, 0.25) is 5.82 Å². The SMILES string of the molecule is COc1ccc(CN2C=C(C(=O)OCc3noc(-c4ccc(C)c(C)c4)n3)C(C)=NS2(=O)=O)cc1. The van der Waals surface area contributed by atoms with Crippen LogP contribution in [0.2, 0.25) is 0 Å². The molecule has 2 heterocycles. The monoisotopic (exact) mass is 496 g/mol. The highest BCUT2D eigenvalue weighted by Gasteiger charge is 2.29. The fourth-order valence-corrected chi connectivity index (χ4v) is 4.43. The second kappa shape index (κ2) is 9.71. The molecule has 11 heteroatoms. The summed E-state index contributed by atoms with van der Waals surface area (Å²) in [5.41, 5.74) is 3.73. The summed E-state index contributed by atoms with van der Waals surface area (Å²) in [6, 6.07) is 12.7. The molecule has 182 valence electrons. The highest BCUT2D eigenvalue weighted by molar-refractivity contribution is 7.88. The molecule has 0 unspecified atom stereocenters. The fourth-order valence-electron chi connectivity index (χ4n) is 3.33. The Morgan fingerprint density at radius 1 is 1.06 bits per heavy atom. The molecule has 0 saturated heterocycles. The van der Waals surface area contributed by atoms with Crippen LogP contribution in [0.15, 0.2) is 63.2 Å². The normalized spacial score (nSPS) is 14.8. The molecule has 0 spiro atoms. The van der Waals surface area contributed by atoms with Crippen molar-refractivity contribution in [2.75, 3.05) is 7.11 Å². The standard InChI is InChI=1S/C24H24N4O6S/c1-15-5-8-19(11-16(15)2)23-25-22(26-34-23)14-33-24(29)21-13-28(35(30,31)27-17(21)3)12-18-6-9-20(32-4)10-7-18/h5-11,13H,12,14H2,1-4H3. The number of methoxy groups -OCH3 is 1. The van der Waals surface area contributed by atoms with Crippen LogP contribution < -0.4 is 4.74 Å². The maximum atomic E-state index is 12.7. The Morgan fingerprint density at radius 3 is 2.49 bits per heavy atom. The summed E-state index contributed by atoms with van der Waals surface area (Å²) in [6.45, 7) is 5.17. The molecule has 35 heavy (non-hydrogen) atoms. The topological polar surface area (TPSA) is 124 Å². The first-order valence-electron chi connectivity index (χ1n) is 10.7. The van der Waals surface area contributed by atoms with Gasteiger partial charge in [0.05, 0.1) is 24.9 Å². The van der Waals surface area contributed by atoms with E-state index >= 15 is 0 Å². The zero-order chi connectivity index (χ0) is 25.2. The van der Waals surface area contributed by atoms with Gasteiger partial charge in [-0.2, -0.15) is 13.4 Å². The van der Waals surface area contributed by atoms with E-state index in [1.807, 2.05) is 32.0 Å². The third-order valence-corrected chi connectivity index (χ3v) is 6.82. The Kier molecular flexibility index (Phi) is 6.70. The molecule has 0 saturated carbocycles. The van der Waals surface area contributed by atoms with Crippen LogP contribution in [-0.4, -0.2) is 41.7 Å². The van der Waals surface area contributed by atoms with Gasteiger partial charge in [-0.05, 0) is 61.7 Å². The minimum absolute atomic E-state index is 0.00987. The van der Waals surface area contributed by atoms with Gasteiger partial charge in [0.25, 0.3) is 5.89 Å². The van der Waals surface area contributed by atoms with Crippen LogP contribution in [0.1, 0.15) is 29.4 Å². The van der Waals surface area contributed by atoms with Crippen LogP contribution >= 0.6 is 0 Å². The lowest BCUT2D eigenvalue weighted by atomic mass is 10.1. The minimum Gasteiger partial charge on any atom is -0.497 e. The van der Waals surface area contributed by atoms with Gasteiger partial charge in [-0.15, -0.1) is 4.40 Å². The molecule has 0 N–H and O–H groups in total. The predicted octanol–water partition coefficient (Wildman–Crippen LogP) is 3.51. The third-order valence-electron chi connectivity index (χ3n) is 5.48. The Bertz CT molecular complexity index is 1420. The van der Waals surface area contributed by atoms with Gasteiger partial charge in [0, 0.05) is 11.8 Å². The average Bonchev–Trinajstić information content (AvgIpc) is 3.30. The lowest BCUT2D eigenvalue weighted by Gasteiger charge is -2.23. The van der Waals surface area contributed by atoms with Crippen LogP contribution in [0.5, 0.6) is 5.75 Å². The van der Waals surface area contributed by atoms with E-state index in [1.165, 1.54) is 13.1 Å². The smallest absolute Gasteiger partial charge is 0.344 e. The second-order valence-corrected chi connectivity index (χ2v) is 9.53.